The highest BCUT2D eigenvalue weighted by molar-refractivity contribution is 6.33. The number of amides is 4. The van der Waals surface area contributed by atoms with Crippen molar-refractivity contribution in [2.45, 2.75) is 63.6 Å². The topological polar surface area (TPSA) is 113 Å². The SMILES string of the molecule is CC1CCC(N2C(=O)/C(=C/C=C/c3ccc(N)cc3)c3ccccc32)CC1c1ccc2c(c1)C(=O)N(C1CCC(=O)NC1=O)C2. The number of nitrogens with one attached hydrogen (secondary N) is 1. The lowest BCUT2D eigenvalue weighted by Gasteiger charge is -2.39. The lowest BCUT2D eigenvalue weighted by atomic mass is 9.73. The zero-order valence-corrected chi connectivity index (χ0v) is 25.2. The number of para-hydroxylation sites is 1. The van der Waals surface area contributed by atoms with Gasteiger partial charge in [-0.1, -0.05) is 61.5 Å². The molecule has 3 aliphatic heterocycles. The molecule has 0 radical (unpaired) electrons. The number of carbonyl (C=O) groups excluding carboxylic acids is 4. The molecule has 3 aromatic carbocycles. The molecule has 0 bridgehead atoms. The number of piperidine rings is 1. The largest absolute Gasteiger partial charge is 0.399 e. The number of allylic oxidation sites excluding steroid dienone is 2. The van der Waals surface area contributed by atoms with Gasteiger partial charge < -0.3 is 15.5 Å². The number of carbonyl (C=O) groups is 4. The highest BCUT2D eigenvalue weighted by Crippen LogP contribution is 2.46. The van der Waals surface area contributed by atoms with Gasteiger partial charge in [-0.25, -0.2) is 0 Å². The fourth-order valence-electron chi connectivity index (χ4n) is 7.45. The van der Waals surface area contributed by atoms with E-state index in [-0.39, 0.29) is 36.1 Å². The molecule has 45 heavy (non-hydrogen) atoms. The fraction of sp³-hybridized carbons (Fsp3) is 0.297. The number of fused-ring (bicyclic) bond motifs is 2. The van der Waals surface area contributed by atoms with Crippen molar-refractivity contribution in [2.75, 3.05) is 10.6 Å². The second kappa shape index (κ2) is 11.5. The van der Waals surface area contributed by atoms with Crippen molar-refractivity contribution in [3.05, 3.63) is 107 Å². The average Bonchev–Trinajstić information content (AvgIpc) is 3.51. The van der Waals surface area contributed by atoms with Crippen LogP contribution in [0.25, 0.3) is 11.6 Å². The Hall–Kier alpha value is -4.98. The van der Waals surface area contributed by atoms with E-state index in [4.69, 9.17) is 5.73 Å². The second-order valence-corrected chi connectivity index (χ2v) is 12.7. The van der Waals surface area contributed by atoms with Crippen LogP contribution in [0.15, 0.2) is 78.9 Å². The Balaban J connectivity index is 1.12. The van der Waals surface area contributed by atoms with E-state index in [1.54, 1.807) is 4.90 Å². The Morgan fingerprint density at radius 3 is 2.49 bits per heavy atom. The van der Waals surface area contributed by atoms with E-state index in [9.17, 15) is 19.2 Å². The first-order valence-corrected chi connectivity index (χ1v) is 15.7. The first kappa shape index (κ1) is 28.8. The molecule has 3 aromatic rings. The van der Waals surface area contributed by atoms with Gasteiger partial charge in [-0.2, -0.15) is 0 Å². The molecule has 1 saturated carbocycles. The summed E-state index contributed by atoms with van der Waals surface area (Å²) in [6.45, 7) is 2.61. The summed E-state index contributed by atoms with van der Waals surface area (Å²) in [7, 11) is 0. The van der Waals surface area contributed by atoms with Gasteiger partial charge in [-0.15, -0.1) is 0 Å². The summed E-state index contributed by atoms with van der Waals surface area (Å²) in [5.41, 5.74) is 12.7. The molecule has 228 valence electrons. The number of nitrogens with two attached hydrogens (primary N) is 1. The van der Waals surface area contributed by atoms with Crippen molar-refractivity contribution in [1.29, 1.82) is 0 Å². The van der Waals surface area contributed by atoms with Crippen molar-refractivity contribution in [1.82, 2.24) is 10.2 Å². The van der Waals surface area contributed by atoms with Crippen molar-refractivity contribution >= 4 is 46.7 Å². The molecule has 4 unspecified atom stereocenters. The molecule has 4 atom stereocenters. The summed E-state index contributed by atoms with van der Waals surface area (Å²) in [5, 5.41) is 2.37. The van der Waals surface area contributed by atoms with Crippen LogP contribution in [-0.2, 0) is 20.9 Å². The molecule has 1 aliphatic carbocycles. The number of nitrogens with zero attached hydrogens (tertiary/aromatic N) is 2. The molecule has 0 aromatic heterocycles. The molecule has 8 heteroatoms. The van der Waals surface area contributed by atoms with E-state index in [2.05, 4.69) is 18.3 Å². The van der Waals surface area contributed by atoms with Crippen LogP contribution in [-0.4, -0.2) is 40.6 Å². The molecular formula is C37H36N4O4. The van der Waals surface area contributed by atoms with Gasteiger partial charge in [0.15, 0.2) is 0 Å². The van der Waals surface area contributed by atoms with Crippen molar-refractivity contribution in [3.63, 3.8) is 0 Å². The Bertz CT molecular complexity index is 1780. The van der Waals surface area contributed by atoms with E-state index in [1.807, 2.05) is 83.8 Å². The number of benzene rings is 3. The second-order valence-electron chi connectivity index (χ2n) is 12.7. The van der Waals surface area contributed by atoms with Crippen molar-refractivity contribution < 1.29 is 19.2 Å². The number of rotatable bonds is 5. The summed E-state index contributed by atoms with van der Waals surface area (Å²) in [4.78, 5) is 55.3. The van der Waals surface area contributed by atoms with Crippen LogP contribution in [0.4, 0.5) is 11.4 Å². The standard InChI is InChI=1S/C37H36N4O4/c1-22-9-16-27(41-32-8-3-2-6-28(32)29(37(41)45)7-4-5-23-10-14-26(38)15-11-23)20-30(22)24-12-13-25-21-40(36(44)31(25)19-24)33-17-18-34(42)39-35(33)43/h2-8,10-15,19,22,27,30,33H,9,16-18,20-21,38H2,1H3,(H,39,42,43)/b5-4+,29-7+. The molecule has 4 aliphatic rings. The zero-order chi connectivity index (χ0) is 31.2. The predicted molar refractivity (Wildman–Crippen MR) is 174 cm³/mol. The fourth-order valence-corrected chi connectivity index (χ4v) is 7.45. The summed E-state index contributed by atoms with van der Waals surface area (Å²) in [5.74, 6) is -0.286. The normalized spacial score (nSPS) is 25.7. The van der Waals surface area contributed by atoms with Gasteiger partial charge in [0, 0.05) is 41.4 Å². The molecular weight excluding hydrogens is 564 g/mol. The number of anilines is 2. The minimum atomic E-state index is -0.631. The molecule has 3 N–H and O–H groups in total. The van der Waals surface area contributed by atoms with Crippen LogP contribution >= 0.6 is 0 Å². The summed E-state index contributed by atoms with van der Waals surface area (Å²) >= 11 is 0. The summed E-state index contributed by atoms with van der Waals surface area (Å²) in [6, 6.07) is 21.1. The Kier molecular flexibility index (Phi) is 7.36. The van der Waals surface area contributed by atoms with E-state index < -0.39 is 11.9 Å². The summed E-state index contributed by atoms with van der Waals surface area (Å²) in [6.07, 6.45) is 9.03. The lowest BCUT2D eigenvalue weighted by Crippen LogP contribution is -2.52. The van der Waals surface area contributed by atoms with Gasteiger partial charge in [0.1, 0.15) is 6.04 Å². The minimum absolute atomic E-state index is 0.0143. The van der Waals surface area contributed by atoms with Gasteiger partial charge in [-0.3, -0.25) is 24.5 Å². The highest BCUT2D eigenvalue weighted by atomic mass is 16.2. The highest BCUT2D eigenvalue weighted by Gasteiger charge is 2.42. The molecule has 2 fully saturated rings. The van der Waals surface area contributed by atoms with Crippen LogP contribution in [0.3, 0.4) is 0 Å². The third-order valence-corrected chi connectivity index (χ3v) is 9.90. The van der Waals surface area contributed by atoms with Crippen molar-refractivity contribution in [2.24, 2.45) is 5.92 Å². The van der Waals surface area contributed by atoms with E-state index >= 15 is 0 Å². The van der Waals surface area contributed by atoms with E-state index in [0.29, 0.717) is 35.7 Å². The maximum atomic E-state index is 14.0. The average molecular weight is 601 g/mol. The predicted octanol–water partition coefficient (Wildman–Crippen LogP) is 5.45. The van der Waals surface area contributed by atoms with Gasteiger partial charge in [0.2, 0.25) is 11.8 Å². The van der Waals surface area contributed by atoms with Crippen LogP contribution in [0.1, 0.15) is 77.6 Å². The smallest absolute Gasteiger partial charge is 0.259 e. The Morgan fingerprint density at radius 2 is 1.69 bits per heavy atom. The Morgan fingerprint density at radius 1 is 0.889 bits per heavy atom. The number of hydrogen-bond acceptors (Lipinski definition) is 5. The van der Waals surface area contributed by atoms with Crippen LogP contribution < -0.4 is 16.0 Å². The van der Waals surface area contributed by atoms with Crippen LogP contribution in [0, 0.1) is 5.92 Å². The van der Waals surface area contributed by atoms with Gasteiger partial charge in [0.05, 0.1) is 5.69 Å². The van der Waals surface area contributed by atoms with Gasteiger partial charge >= 0.3 is 0 Å². The van der Waals surface area contributed by atoms with Gasteiger partial charge in [-0.05, 0) is 84.6 Å². The number of hydrogen-bond donors (Lipinski definition) is 2. The number of nitrogen functional groups attached to an aromatic ring is 1. The molecule has 0 spiro atoms. The van der Waals surface area contributed by atoms with Gasteiger partial charge in [0.25, 0.3) is 11.8 Å². The van der Waals surface area contributed by atoms with E-state index in [1.165, 1.54) is 0 Å². The maximum Gasteiger partial charge on any atom is 0.259 e. The summed E-state index contributed by atoms with van der Waals surface area (Å²) < 4.78 is 0. The molecule has 8 nitrogen and oxygen atoms in total. The maximum absolute atomic E-state index is 14.0. The molecule has 7 rings (SSSR count). The minimum Gasteiger partial charge on any atom is -0.399 e. The molecule has 1 saturated heterocycles. The third kappa shape index (κ3) is 5.24. The third-order valence-electron chi connectivity index (χ3n) is 9.90. The monoisotopic (exact) mass is 600 g/mol. The first-order chi connectivity index (χ1) is 21.8. The van der Waals surface area contributed by atoms with E-state index in [0.717, 1.165) is 47.2 Å². The van der Waals surface area contributed by atoms with Crippen LogP contribution in [0.2, 0.25) is 0 Å². The zero-order valence-electron chi connectivity index (χ0n) is 25.2. The quantitative estimate of drug-likeness (QED) is 0.230. The van der Waals surface area contributed by atoms with Crippen molar-refractivity contribution in [3.8, 4) is 0 Å². The Labute approximate surface area is 262 Å². The number of imide groups is 1. The molecule has 3 heterocycles. The first-order valence-electron chi connectivity index (χ1n) is 15.7. The molecule has 4 amide bonds. The lowest BCUT2D eigenvalue weighted by molar-refractivity contribution is -0.137. The van der Waals surface area contributed by atoms with Crippen LogP contribution in [0.5, 0.6) is 0 Å².